The maximum Gasteiger partial charge on any atom is 0.272 e. The lowest BCUT2D eigenvalue weighted by molar-refractivity contribution is 0.0767. The molecule has 0 atom stereocenters. The molecule has 1 aromatic heterocycles. The lowest BCUT2D eigenvalue weighted by Gasteiger charge is -2.18. The number of carbonyl (C=O) groups is 1. The van der Waals surface area contributed by atoms with Crippen molar-refractivity contribution in [3.05, 3.63) is 24.0 Å². The van der Waals surface area contributed by atoms with Crippen LogP contribution in [0.4, 0.5) is 5.69 Å². The summed E-state index contributed by atoms with van der Waals surface area (Å²) in [6.07, 6.45) is 1.67. The molecule has 94 valence electrons. The quantitative estimate of drug-likeness (QED) is 0.852. The smallest absolute Gasteiger partial charge is 0.272 e. The normalized spacial score (nSPS) is 10.4. The van der Waals surface area contributed by atoms with Gasteiger partial charge >= 0.3 is 0 Å². The van der Waals surface area contributed by atoms with Crippen molar-refractivity contribution in [2.75, 3.05) is 18.4 Å². The van der Waals surface area contributed by atoms with E-state index in [1.165, 1.54) is 0 Å². The Morgan fingerprint density at radius 1 is 1.41 bits per heavy atom. The number of aromatic nitrogens is 1. The Kier molecular flexibility index (Phi) is 4.94. The van der Waals surface area contributed by atoms with Crippen LogP contribution in [0.5, 0.6) is 0 Å². The maximum absolute atomic E-state index is 12.1. The van der Waals surface area contributed by atoms with Gasteiger partial charge in [-0.05, 0) is 39.8 Å². The molecule has 0 fully saturated rings. The van der Waals surface area contributed by atoms with Crippen molar-refractivity contribution >= 4 is 11.6 Å². The van der Waals surface area contributed by atoms with Gasteiger partial charge in [0.05, 0.1) is 0 Å². The van der Waals surface area contributed by atoms with Crippen LogP contribution in [0.2, 0.25) is 0 Å². The van der Waals surface area contributed by atoms with Gasteiger partial charge in [-0.2, -0.15) is 0 Å². The molecule has 1 N–H and O–H groups in total. The van der Waals surface area contributed by atoms with E-state index in [4.69, 9.17) is 0 Å². The van der Waals surface area contributed by atoms with Crippen LogP contribution in [0.3, 0.4) is 0 Å². The number of carbonyl (C=O) groups excluding carboxylic acids is 1. The van der Waals surface area contributed by atoms with Gasteiger partial charge in [0.1, 0.15) is 5.69 Å². The van der Waals surface area contributed by atoms with Gasteiger partial charge in [0, 0.05) is 31.0 Å². The molecule has 0 unspecified atom stereocenters. The van der Waals surface area contributed by atoms with Crippen molar-refractivity contribution in [3.63, 3.8) is 0 Å². The highest BCUT2D eigenvalue weighted by molar-refractivity contribution is 5.93. The second-order valence-electron chi connectivity index (χ2n) is 4.21. The van der Waals surface area contributed by atoms with E-state index < -0.39 is 0 Å². The van der Waals surface area contributed by atoms with Crippen molar-refractivity contribution in [2.24, 2.45) is 0 Å². The largest absolute Gasteiger partial charge is 0.383 e. The molecule has 0 aromatic carbocycles. The topological polar surface area (TPSA) is 45.2 Å². The Morgan fingerprint density at radius 2 is 2.06 bits per heavy atom. The highest BCUT2D eigenvalue weighted by Crippen LogP contribution is 2.11. The fraction of sp³-hybridized carbons (Fsp3) is 0.538. The van der Waals surface area contributed by atoms with Crippen molar-refractivity contribution < 1.29 is 4.79 Å². The van der Waals surface area contributed by atoms with Crippen LogP contribution in [0.1, 0.15) is 38.2 Å². The van der Waals surface area contributed by atoms with Gasteiger partial charge in [-0.15, -0.1) is 0 Å². The molecule has 0 aliphatic rings. The zero-order valence-electron chi connectivity index (χ0n) is 11.0. The van der Waals surface area contributed by atoms with Gasteiger partial charge in [0.25, 0.3) is 5.91 Å². The first-order chi connectivity index (χ1) is 8.08. The molecular formula is C13H21N3O. The number of nitrogens with one attached hydrogen (secondary N) is 1. The van der Waals surface area contributed by atoms with Gasteiger partial charge in [0.2, 0.25) is 0 Å². The molecule has 4 nitrogen and oxygen atoms in total. The van der Waals surface area contributed by atoms with Crippen molar-refractivity contribution in [1.82, 2.24) is 9.88 Å². The third-order valence-corrected chi connectivity index (χ3v) is 2.49. The van der Waals surface area contributed by atoms with E-state index in [1.54, 1.807) is 17.2 Å². The van der Waals surface area contributed by atoms with Crippen molar-refractivity contribution in [2.45, 2.75) is 33.7 Å². The van der Waals surface area contributed by atoms with Crippen molar-refractivity contribution in [3.8, 4) is 0 Å². The summed E-state index contributed by atoms with van der Waals surface area (Å²) in [7, 11) is 0. The number of rotatable bonds is 5. The van der Waals surface area contributed by atoms with Gasteiger partial charge in [-0.25, -0.2) is 0 Å². The minimum Gasteiger partial charge on any atom is -0.383 e. The summed E-state index contributed by atoms with van der Waals surface area (Å²) in [5.74, 6) is -0.0117. The Morgan fingerprint density at radius 3 is 2.59 bits per heavy atom. The zero-order valence-corrected chi connectivity index (χ0v) is 11.0. The number of anilines is 1. The minimum atomic E-state index is -0.0117. The Labute approximate surface area is 103 Å². The van der Waals surface area contributed by atoms with E-state index >= 15 is 0 Å². The predicted molar refractivity (Wildman–Crippen MR) is 70.2 cm³/mol. The molecular weight excluding hydrogens is 214 g/mol. The summed E-state index contributed by atoms with van der Waals surface area (Å²) in [6, 6.07) is 4.02. The Balaban J connectivity index is 2.87. The number of pyridine rings is 1. The van der Waals surface area contributed by atoms with Gasteiger partial charge in [-0.3, -0.25) is 9.78 Å². The number of hydrogen-bond donors (Lipinski definition) is 1. The predicted octanol–water partition coefficient (Wildman–Crippen LogP) is 2.38. The van der Waals surface area contributed by atoms with Crippen molar-refractivity contribution in [1.29, 1.82) is 0 Å². The average Bonchev–Trinajstić information content (AvgIpc) is 2.30. The zero-order chi connectivity index (χ0) is 12.8. The first kappa shape index (κ1) is 13.5. The van der Waals surface area contributed by atoms with E-state index in [9.17, 15) is 4.79 Å². The SMILES string of the molecule is CCN(CC)C(=O)c1cc(NC(C)C)ccn1. The molecule has 0 saturated carbocycles. The molecule has 0 saturated heterocycles. The molecule has 17 heavy (non-hydrogen) atoms. The first-order valence-electron chi connectivity index (χ1n) is 6.10. The van der Waals surface area contributed by atoms with E-state index in [0.29, 0.717) is 24.8 Å². The van der Waals surface area contributed by atoms with Crippen LogP contribution < -0.4 is 5.32 Å². The fourth-order valence-corrected chi connectivity index (χ4v) is 1.64. The van der Waals surface area contributed by atoms with Crippen LogP contribution in [-0.2, 0) is 0 Å². The summed E-state index contributed by atoms with van der Waals surface area (Å²) in [4.78, 5) is 18.0. The van der Waals surface area contributed by atoms with E-state index in [2.05, 4.69) is 24.1 Å². The molecule has 0 aliphatic heterocycles. The summed E-state index contributed by atoms with van der Waals surface area (Å²) in [6.45, 7) is 9.48. The molecule has 0 spiro atoms. The second-order valence-corrected chi connectivity index (χ2v) is 4.21. The second kappa shape index (κ2) is 6.23. The summed E-state index contributed by atoms with van der Waals surface area (Å²) >= 11 is 0. The molecule has 1 rings (SSSR count). The standard InChI is InChI=1S/C13H21N3O/c1-5-16(6-2)13(17)12-9-11(7-8-14-12)15-10(3)4/h7-10H,5-6H2,1-4H3,(H,14,15). The third kappa shape index (κ3) is 3.73. The summed E-state index contributed by atoms with van der Waals surface area (Å²) < 4.78 is 0. The van der Waals surface area contributed by atoms with Crippen LogP contribution in [-0.4, -0.2) is 34.9 Å². The monoisotopic (exact) mass is 235 g/mol. The average molecular weight is 235 g/mol. The highest BCUT2D eigenvalue weighted by atomic mass is 16.2. The van der Waals surface area contributed by atoms with Gasteiger partial charge < -0.3 is 10.2 Å². The minimum absolute atomic E-state index is 0.0117. The van der Waals surface area contributed by atoms with E-state index in [-0.39, 0.29) is 5.91 Å². The Hall–Kier alpha value is -1.58. The van der Waals surface area contributed by atoms with Crippen LogP contribution in [0.15, 0.2) is 18.3 Å². The molecule has 0 radical (unpaired) electrons. The fourth-order valence-electron chi connectivity index (χ4n) is 1.64. The summed E-state index contributed by atoms with van der Waals surface area (Å²) in [5.41, 5.74) is 1.44. The lowest BCUT2D eigenvalue weighted by Crippen LogP contribution is -2.31. The van der Waals surface area contributed by atoms with Gasteiger partial charge in [0.15, 0.2) is 0 Å². The van der Waals surface area contributed by atoms with Crippen LogP contribution in [0, 0.1) is 0 Å². The number of nitrogens with zero attached hydrogens (tertiary/aromatic N) is 2. The lowest BCUT2D eigenvalue weighted by atomic mass is 10.2. The van der Waals surface area contributed by atoms with Crippen LogP contribution in [0.25, 0.3) is 0 Å². The molecule has 1 amide bonds. The third-order valence-electron chi connectivity index (χ3n) is 2.49. The van der Waals surface area contributed by atoms with E-state index in [1.807, 2.05) is 19.9 Å². The molecule has 4 heteroatoms. The highest BCUT2D eigenvalue weighted by Gasteiger charge is 2.14. The van der Waals surface area contributed by atoms with E-state index in [0.717, 1.165) is 5.69 Å². The molecule has 0 aliphatic carbocycles. The van der Waals surface area contributed by atoms with Crippen LogP contribution >= 0.6 is 0 Å². The molecule has 0 bridgehead atoms. The summed E-state index contributed by atoms with van der Waals surface area (Å²) in [5, 5.41) is 3.26. The maximum atomic E-state index is 12.1. The molecule has 1 heterocycles. The Bertz CT molecular complexity index is 373. The van der Waals surface area contributed by atoms with Gasteiger partial charge in [-0.1, -0.05) is 0 Å². The number of amides is 1. The number of hydrogen-bond acceptors (Lipinski definition) is 3. The first-order valence-corrected chi connectivity index (χ1v) is 6.10. The molecule has 1 aromatic rings.